The largest absolute Gasteiger partial charge is 0.330 e. The summed E-state index contributed by atoms with van der Waals surface area (Å²) in [5.41, 5.74) is 1.45. The molecule has 0 aromatic carbocycles. The van der Waals surface area contributed by atoms with Gasteiger partial charge in [0.25, 0.3) is 0 Å². The molecule has 20 heavy (non-hydrogen) atoms. The number of nitrogens with zero attached hydrogens (tertiary/aromatic N) is 3. The number of rotatable bonds is 7. The smallest absolute Gasteiger partial charge is 0.123 e. The Labute approximate surface area is 124 Å². The predicted molar refractivity (Wildman–Crippen MR) is 84.7 cm³/mol. The first-order valence-electron chi connectivity index (χ1n) is 8.35. The second-order valence-corrected chi connectivity index (χ2v) is 6.90. The molecule has 0 spiro atoms. The van der Waals surface area contributed by atoms with Crippen LogP contribution in [0.3, 0.4) is 0 Å². The summed E-state index contributed by atoms with van der Waals surface area (Å²) in [6.45, 7) is 13.8. The SMILES string of the molecule is CCCCC(C)Cc1cnc2n1CCN(CC(C)C)C2. The second-order valence-electron chi connectivity index (χ2n) is 6.90. The quantitative estimate of drug-likeness (QED) is 0.757. The summed E-state index contributed by atoms with van der Waals surface area (Å²) >= 11 is 0. The Morgan fingerprint density at radius 1 is 1.25 bits per heavy atom. The lowest BCUT2D eigenvalue weighted by atomic mass is 9.99. The zero-order chi connectivity index (χ0) is 14.5. The molecule has 114 valence electrons. The first-order chi connectivity index (χ1) is 9.60. The number of unbranched alkanes of at least 4 members (excludes halogenated alkanes) is 1. The van der Waals surface area contributed by atoms with E-state index in [1.807, 2.05) is 0 Å². The highest BCUT2D eigenvalue weighted by molar-refractivity contribution is 5.08. The van der Waals surface area contributed by atoms with Gasteiger partial charge in [-0.05, 0) is 18.3 Å². The molecule has 0 N–H and O–H groups in total. The molecule has 1 aliphatic rings. The molecule has 0 saturated heterocycles. The van der Waals surface area contributed by atoms with Gasteiger partial charge in [0.2, 0.25) is 0 Å². The van der Waals surface area contributed by atoms with E-state index in [9.17, 15) is 0 Å². The van der Waals surface area contributed by atoms with Crippen LogP contribution in [0.4, 0.5) is 0 Å². The minimum Gasteiger partial charge on any atom is -0.330 e. The van der Waals surface area contributed by atoms with E-state index >= 15 is 0 Å². The molecule has 0 radical (unpaired) electrons. The minimum atomic E-state index is 0.741. The molecule has 0 bridgehead atoms. The van der Waals surface area contributed by atoms with Crippen LogP contribution < -0.4 is 0 Å². The van der Waals surface area contributed by atoms with Crippen LogP contribution in [-0.2, 0) is 19.5 Å². The van der Waals surface area contributed by atoms with Gasteiger partial charge in [-0.15, -0.1) is 0 Å². The molecule has 1 aromatic rings. The van der Waals surface area contributed by atoms with Crippen molar-refractivity contribution in [2.45, 2.75) is 66.5 Å². The molecule has 1 unspecified atom stereocenters. The highest BCUT2D eigenvalue weighted by atomic mass is 15.2. The van der Waals surface area contributed by atoms with Crippen LogP contribution in [0, 0.1) is 11.8 Å². The molecule has 0 aliphatic carbocycles. The van der Waals surface area contributed by atoms with E-state index in [0.717, 1.165) is 24.9 Å². The van der Waals surface area contributed by atoms with Gasteiger partial charge >= 0.3 is 0 Å². The maximum absolute atomic E-state index is 4.67. The summed E-state index contributed by atoms with van der Waals surface area (Å²) in [7, 11) is 0. The van der Waals surface area contributed by atoms with Gasteiger partial charge in [-0.3, -0.25) is 4.90 Å². The van der Waals surface area contributed by atoms with Gasteiger partial charge in [0.15, 0.2) is 0 Å². The van der Waals surface area contributed by atoms with E-state index < -0.39 is 0 Å². The normalized spacial score (nSPS) is 17.4. The lowest BCUT2D eigenvalue weighted by molar-refractivity contribution is 0.193. The number of fused-ring (bicyclic) bond motifs is 1. The summed E-state index contributed by atoms with van der Waals surface area (Å²) in [6, 6.07) is 0. The molecule has 1 aromatic heterocycles. The van der Waals surface area contributed by atoms with E-state index in [1.54, 1.807) is 0 Å². The molecule has 0 fully saturated rings. The van der Waals surface area contributed by atoms with Gasteiger partial charge in [0.05, 0.1) is 6.54 Å². The van der Waals surface area contributed by atoms with Crippen LogP contribution in [0.1, 0.15) is 58.5 Å². The molecule has 0 saturated carbocycles. The highest BCUT2D eigenvalue weighted by Gasteiger charge is 2.20. The van der Waals surface area contributed by atoms with E-state index in [-0.39, 0.29) is 0 Å². The minimum absolute atomic E-state index is 0.741. The fraction of sp³-hybridized carbons (Fsp3) is 0.824. The van der Waals surface area contributed by atoms with Gasteiger partial charge in [-0.2, -0.15) is 0 Å². The first kappa shape index (κ1) is 15.6. The van der Waals surface area contributed by atoms with Crippen LogP contribution in [0.15, 0.2) is 6.20 Å². The fourth-order valence-electron chi connectivity index (χ4n) is 3.22. The second kappa shape index (κ2) is 7.26. The summed E-state index contributed by atoms with van der Waals surface area (Å²) in [6.07, 6.45) is 7.31. The van der Waals surface area contributed by atoms with Crippen LogP contribution in [-0.4, -0.2) is 27.5 Å². The van der Waals surface area contributed by atoms with Gasteiger partial charge < -0.3 is 4.57 Å². The molecule has 3 nitrogen and oxygen atoms in total. The van der Waals surface area contributed by atoms with E-state index in [1.165, 1.54) is 50.3 Å². The van der Waals surface area contributed by atoms with Crippen molar-refractivity contribution in [3.63, 3.8) is 0 Å². The van der Waals surface area contributed by atoms with Crippen molar-refractivity contribution in [2.24, 2.45) is 11.8 Å². The summed E-state index contributed by atoms with van der Waals surface area (Å²) in [5, 5.41) is 0. The Kier molecular flexibility index (Phi) is 5.64. The average Bonchev–Trinajstić information content (AvgIpc) is 2.78. The summed E-state index contributed by atoms with van der Waals surface area (Å²) in [5.74, 6) is 2.80. The predicted octanol–water partition coefficient (Wildman–Crippen LogP) is 3.72. The van der Waals surface area contributed by atoms with Gasteiger partial charge in [0.1, 0.15) is 5.82 Å². The van der Waals surface area contributed by atoms with Crippen LogP contribution in [0.25, 0.3) is 0 Å². The van der Waals surface area contributed by atoms with E-state index in [4.69, 9.17) is 0 Å². The van der Waals surface area contributed by atoms with Crippen LogP contribution in [0.2, 0.25) is 0 Å². The average molecular weight is 277 g/mol. The summed E-state index contributed by atoms with van der Waals surface area (Å²) < 4.78 is 2.47. The fourth-order valence-corrected chi connectivity index (χ4v) is 3.22. The Morgan fingerprint density at radius 3 is 2.75 bits per heavy atom. The van der Waals surface area contributed by atoms with Crippen molar-refractivity contribution >= 4 is 0 Å². The van der Waals surface area contributed by atoms with Gasteiger partial charge in [0, 0.05) is 31.5 Å². The topological polar surface area (TPSA) is 21.1 Å². The highest BCUT2D eigenvalue weighted by Crippen LogP contribution is 2.20. The van der Waals surface area contributed by atoms with Crippen molar-refractivity contribution in [1.29, 1.82) is 0 Å². The van der Waals surface area contributed by atoms with Crippen molar-refractivity contribution in [2.75, 3.05) is 13.1 Å². The molecule has 3 heteroatoms. The number of aromatic nitrogens is 2. The maximum atomic E-state index is 4.67. The first-order valence-corrected chi connectivity index (χ1v) is 8.35. The Balaban J connectivity index is 1.94. The standard InChI is InChI=1S/C17H31N3/c1-5-6-7-15(4)10-16-11-18-17-13-19(12-14(2)3)8-9-20(16)17/h11,14-15H,5-10,12-13H2,1-4H3. The maximum Gasteiger partial charge on any atom is 0.123 e. The number of imidazole rings is 1. The lowest BCUT2D eigenvalue weighted by Crippen LogP contribution is -2.36. The molecule has 0 amide bonds. The van der Waals surface area contributed by atoms with Gasteiger partial charge in [-0.25, -0.2) is 4.98 Å². The van der Waals surface area contributed by atoms with Crippen LogP contribution in [0.5, 0.6) is 0 Å². The molecule has 1 aliphatic heterocycles. The molecule has 2 heterocycles. The Bertz CT molecular complexity index is 408. The molecule has 2 rings (SSSR count). The summed E-state index contributed by atoms with van der Waals surface area (Å²) in [4.78, 5) is 7.21. The van der Waals surface area contributed by atoms with Crippen molar-refractivity contribution < 1.29 is 0 Å². The zero-order valence-corrected chi connectivity index (χ0v) is 13.7. The third kappa shape index (κ3) is 4.08. The third-order valence-electron chi connectivity index (χ3n) is 4.26. The van der Waals surface area contributed by atoms with Crippen molar-refractivity contribution in [1.82, 2.24) is 14.5 Å². The van der Waals surface area contributed by atoms with Gasteiger partial charge in [-0.1, -0.05) is 47.0 Å². The molecular weight excluding hydrogens is 246 g/mol. The number of hydrogen-bond donors (Lipinski definition) is 0. The van der Waals surface area contributed by atoms with Crippen molar-refractivity contribution in [3.05, 3.63) is 17.7 Å². The monoisotopic (exact) mass is 277 g/mol. The van der Waals surface area contributed by atoms with E-state index in [2.05, 4.69) is 48.3 Å². The zero-order valence-electron chi connectivity index (χ0n) is 13.7. The lowest BCUT2D eigenvalue weighted by Gasteiger charge is -2.30. The number of hydrogen-bond acceptors (Lipinski definition) is 2. The van der Waals surface area contributed by atoms with Crippen LogP contribution >= 0.6 is 0 Å². The van der Waals surface area contributed by atoms with E-state index in [0.29, 0.717) is 0 Å². The van der Waals surface area contributed by atoms with Crippen molar-refractivity contribution in [3.8, 4) is 0 Å². The molecular formula is C17H31N3. The Morgan fingerprint density at radius 2 is 2.05 bits per heavy atom. The molecule has 1 atom stereocenters. The third-order valence-corrected chi connectivity index (χ3v) is 4.26. The Hall–Kier alpha value is -0.830.